The Morgan fingerprint density at radius 2 is 2.18 bits per heavy atom. The van der Waals surface area contributed by atoms with Crippen molar-refractivity contribution < 1.29 is 9.90 Å². The van der Waals surface area contributed by atoms with Gasteiger partial charge < -0.3 is 10.4 Å². The van der Waals surface area contributed by atoms with Gasteiger partial charge in [-0.05, 0) is 36.1 Å². The third-order valence-electron chi connectivity index (χ3n) is 3.05. The van der Waals surface area contributed by atoms with Crippen molar-refractivity contribution >= 4 is 34.3 Å². The maximum Gasteiger partial charge on any atom is 0.230 e. The van der Waals surface area contributed by atoms with Gasteiger partial charge in [-0.1, -0.05) is 12.1 Å². The van der Waals surface area contributed by atoms with Gasteiger partial charge in [-0.15, -0.1) is 22.7 Å². The van der Waals surface area contributed by atoms with Gasteiger partial charge in [0.25, 0.3) is 0 Å². The molecule has 0 fully saturated rings. The van der Waals surface area contributed by atoms with E-state index in [9.17, 15) is 9.90 Å². The van der Waals surface area contributed by atoms with Gasteiger partial charge >= 0.3 is 0 Å². The number of hydrogen-bond donors (Lipinski definition) is 2. The second-order valence-corrected chi connectivity index (χ2v) is 6.67. The van der Waals surface area contributed by atoms with Gasteiger partial charge in [-0.2, -0.15) is 0 Å². The van der Waals surface area contributed by atoms with Crippen molar-refractivity contribution in [3.05, 3.63) is 52.3 Å². The summed E-state index contributed by atoms with van der Waals surface area (Å²) in [6.07, 6.45) is 0.190. The number of carbonyl (C=O) groups excluding carboxylic acids is 1. The number of benzene rings is 1. The van der Waals surface area contributed by atoms with E-state index >= 15 is 0 Å². The monoisotopic (exact) mass is 330 g/mol. The van der Waals surface area contributed by atoms with E-state index in [4.69, 9.17) is 0 Å². The van der Waals surface area contributed by atoms with Crippen LogP contribution in [-0.4, -0.2) is 16.0 Å². The quantitative estimate of drug-likeness (QED) is 0.709. The number of hydrogen-bond acceptors (Lipinski definition) is 5. The number of amides is 1. The maximum absolute atomic E-state index is 12.1. The minimum Gasteiger partial charge on any atom is -0.506 e. The standard InChI is InChI=1S/C16H14N2O2S2/c1-10-4-5-12(13(19)7-10)18-15(20)8-11-9-22-16(17-11)14-3-2-6-21-14/h2-7,9,19H,8H2,1H3,(H,18,20). The second-order valence-electron chi connectivity index (χ2n) is 4.87. The van der Waals surface area contributed by atoms with Crippen LogP contribution in [-0.2, 0) is 11.2 Å². The largest absolute Gasteiger partial charge is 0.506 e. The van der Waals surface area contributed by atoms with Gasteiger partial charge in [-0.25, -0.2) is 4.98 Å². The van der Waals surface area contributed by atoms with Gasteiger partial charge in [0.15, 0.2) is 0 Å². The molecule has 0 aliphatic carbocycles. The van der Waals surface area contributed by atoms with Crippen molar-refractivity contribution in [2.45, 2.75) is 13.3 Å². The first-order valence-electron chi connectivity index (χ1n) is 6.69. The first-order chi connectivity index (χ1) is 10.6. The minimum atomic E-state index is -0.192. The minimum absolute atomic E-state index is 0.0749. The van der Waals surface area contributed by atoms with Crippen molar-refractivity contribution in [1.29, 1.82) is 0 Å². The van der Waals surface area contributed by atoms with Crippen LogP contribution in [0, 0.1) is 6.92 Å². The Balaban J connectivity index is 1.67. The summed E-state index contributed by atoms with van der Waals surface area (Å²) in [5, 5.41) is 17.3. The number of thiophene rings is 1. The number of aromatic nitrogens is 1. The lowest BCUT2D eigenvalue weighted by Crippen LogP contribution is -2.14. The van der Waals surface area contributed by atoms with Gasteiger partial charge in [0, 0.05) is 5.38 Å². The molecule has 22 heavy (non-hydrogen) atoms. The fourth-order valence-corrected chi connectivity index (χ4v) is 3.64. The molecule has 0 saturated heterocycles. The summed E-state index contributed by atoms with van der Waals surface area (Å²) in [6, 6.07) is 9.15. The van der Waals surface area contributed by atoms with E-state index in [2.05, 4.69) is 10.3 Å². The fraction of sp³-hybridized carbons (Fsp3) is 0.125. The third-order valence-corrected chi connectivity index (χ3v) is 4.98. The molecule has 4 nitrogen and oxygen atoms in total. The number of nitrogens with zero attached hydrogens (tertiary/aromatic N) is 1. The van der Waals surface area contributed by atoms with Crippen LogP contribution >= 0.6 is 22.7 Å². The first-order valence-corrected chi connectivity index (χ1v) is 8.45. The van der Waals surface area contributed by atoms with Crippen molar-refractivity contribution in [1.82, 2.24) is 4.98 Å². The van der Waals surface area contributed by atoms with Crippen molar-refractivity contribution in [2.75, 3.05) is 5.32 Å². The van der Waals surface area contributed by atoms with Gasteiger partial charge in [0.1, 0.15) is 10.8 Å². The van der Waals surface area contributed by atoms with Crippen LogP contribution in [0.3, 0.4) is 0 Å². The van der Waals surface area contributed by atoms with E-state index in [1.807, 2.05) is 35.9 Å². The van der Waals surface area contributed by atoms with Crippen LogP contribution in [0.15, 0.2) is 41.1 Å². The number of aromatic hydroxyl groups is 1. The number of nitrogens with one attached hydrogen (secondary N) is 1. The zero-order valence-corrected chi connectivity index (χ0v) is 13.5. The number of aryl methyl sites for hydroxylation is 1. The van der Waals surface area contributed by atoms with Crippen LogP contribution in [0.1, 0.15) is 11.3 Å². The second kappa shape index (κ2) is 6.29. The molecular weight excluding hydrogens is 316 g/mol. The molecule has 2 heterocycles. The molecule has 2 aromatic heterocycles. The molecule has 0 unspecified atom stereocenters. The highest BCUT2D eigenvalue weighted by molar-refractivity contribution is 7.20. The summed E-state index contributed by atoms with van der Waals surface area (Å²) in [7, 11) is 0. The molecule has 0 bridgehead atoms. The summed E-state index contributed by atoms with van der Waals surface area (Å²) in [4.78, 5) is 17.6. The molecule has 0 radical (unpaired) electrons. The van der Waals surface area contributed by atoms with Crippen LogP contribution in [0.25, 0.3) is 9.88 Å². The Morgan fingerprint density at radius 1 is 1.32 bits per heavy atom. The fourth-order valence-electron chi connectivity index (χ4n) is 2.01. The van der Waals surface area contributed by atoms with E-state index in [0.717, 1.165) is 21.1 Å². The number of phenols is 1. The SMILES string of the molecule is Cc1ccc(NC(=O)Cc2csc(-c3cccs3)n2)c(O)c1. The highest BCUT2D eigenvalue weighted by Gasteiger charge is 2.11. The molecule has 6 heteroatoms. The van der Waals surface area contributed by atoms with Crippen LogP contribution in [0.4, 0.5) is 5.69 Å². The van der Waals surface area contributed by atoms with E-state index in [0.29, 0.717) is 5.69 Å². The number of carbonyl (C=O) groups is 1. The van der Waals surface area contributed by atoms with Gasteiger partial charge in [-0.3, -0.25) is 4.79 Å². The molecule has 0 aliphatic rings. The summed E-state index contributed by atoms with van der Waals surface area (Å²) in [6.45, 7) is 1.88. The third kappa shape index (κ3) is 3.35. The molecule has 0 saturated carbocycles. The summed E-state index contributed by atoms with van der Waals surface area (Å²) in [5.41, 5.74) is 2.09. The first kappa shape index (κ1) is 14.7. The predicted octanol–water partition coefficient (Wildman–Crippen LogP) is 4.07. The van der Waals surface area contributed by atoms with Gasteiger partial charge in [0.05, 0.1) is 22.7 Å². The highest BCUT2D eigenvalue weighted by Crippen LogP contribution is 2.28. The lowest BCUT2D eigenvalue weighted by Gasteiger charge is -2.07. The Hall–Kier alpha value is -2.18. The van der Waals surface area contributed by atoms with Crippen molar-refractivity contribution in [2.24, 2.45) is 0 Å². The zero-order valence-electron chi connectivity index (χ0n) is 11.9. The Kier molecular flexibility index (Phi) is 4.22. The molecule has 112 valence electrons. The van der Waals surface area contributed by atoms with Crippen molar-refractivity contribution in [3.63, 3.8) is 0 Å². The Labute approximate surface area is 136 Å². The molecular formula is C16H14N2O2S2. The normalized spacial score (nSPS) is 10.6. The predicted molar refractivity (Wildman–Crippen MR) is 90.6 cm³/mol. The molecule has 0 atom stereocenters. The summed E-state index contributed by atoms with van der Waals surface area (Å²) < 4.78 is 0. The summed E-state index contributed by atoms with van der Waals surface area (Å²) in [5.74, 6) is -0.118. The number of phenolic OH excluding ortho intramolecular Hbond substituents is 1. The smallest absolute Gasteiger partial charge is 0.230 e. The summed E-state index contributed by atoms with van der Waals surface area (Å²) >= 11 is 3.16. The Bertz CT molecular complexity index is 794. The van der Waals surface area contributed by atoms with Crippen LogP contribution < -0.4 is 5.32 Å². The lowest BCUT2D eigenvalue weighted by atomic mass is 10.2. The molecule has 1 amide bonds. The molecule has 1 aromatic carbocycles. The van der Waals surface area contributed by atoms with Crippen molar-refractivity contribution in [3.8, 4) is 15.6 Å². The highest BCUT2D eigenvalue weighted by atomic mass is 32.1. The van der Waals surface area contributed by atoms with Crippen LogP contribution in [0.2, 0.25) is 0 Å². The van der Waals surface area contributed by atoms with E-state index in [1.165, 1.54) is 11.3 Å². The number of anilines is 1. The number of thiazole rings is 1. The van der Waals surface area contributed by atoms with E-state index in [-0.39, 0.29) is 18.1 Å². The van der Waals surface area contributed by atoms with Crippen LogP contribution in [0.5, 0.6) is 5.75 Å². The van der Waals surface area contributed by atoms with E-state index < -0.39 is 0 Å². The topological polar surface area (TPSA) is 62.2 Å². The molecule has 0 aliphatic heterocycles. The lowest BCUT2D eigenvalue weighted by molar-refractivity contribution is -0.115. The molecule has 0 spiro atoms. The zero-order chi connectivity index (χ0) is 15.5. The molecule has 2 N–H and O–H groups in total. The average molecular weight is 330 g/mol. The van der Waals surface area contributed by atoms with E-state index in [1.54, 1.807) is 23.5 Å². The van der Waals surface area contributed by atoms with Gasteiger partial charge in [0.2, 0.25) is 5.91 Å². The average Bonchev–Trinajstić information content (AvgIpc) is 3.12. The maximum atomic E-state index is 12.1. The molecule has 3 rings (SSSR count). The number of rotatable bonds is 4. The molecule has 3 aromatic rings. The Morgan fingerprint density at radius 3 is 2.91 bits per heavy atom.